The molecule has 0 aliphatic carbocycles. The lowest BCUT2D eigenvalue weighted by Crippen LogP contribution is -2.23. The normalized spacial score (nSPS) is 13.2. The van der Waals surface area contributed by atoms with Crippen LogP contribution in [0.1, 0.15) is 11.1 Å². The van der Waals surface area contributed by atoms with Crippen molar-refractivity contribution < 1.29 is 24.2 Å². The lowest BCUT2D eigenvalue weighted by molar-refractivity contribution is -0.136. The van der Waals surface area contributed by atoms with E-state index in [-0.39, 0.29) is 12.5 Å². The van der Waals surface area contributed by atoms with Gasteiger partial charge in [-0.3, -0.25) is 4.79 Å². The topological polar surface area (TPSA) is 76.1 Å². The second-order valence-corrected chi connectivity index (χ2v) is 7.04. The van der Waals surface area contributed by atoms with E-state index in [1.165, 1.54) is 0 Å². The summed E-state index contributed by atoms with van der Waals surface area (Å²) in [7, 11) is 0. The van der Waals surface area contributed by atoms with Gasteiger partial charge in [0.25, 0.3) is 0 Å². The summed E-state index contributed by atoms with van der Waals surface area (Å²) in [6.45, 7) is 1.27. The van der Waals surface area contributed by atoms with Gasteiger partial charge in [-0.2, -0.15) is 0 Å². The summed E-state index contributed by atoms with van der Waals surface area (Å²) in [5.41, 5.74) is 3.59. The molecule has 1 N–H and O–H groups in total. The average Bonchev–Trinajstić information content (AvgIpc) is 3.14. The fraction of sp³-hybridized carbons (Fsp3) is 0.167. The van der Waals surface area contributed by atoms with Crippen LogP contribution in [0.5, 0.6) is 11.5 Å². The van der Waals surface area contributed by atoms with Gasteiger partial charge in [0.05, 0.1) is 19.5 Å². The lowest BCUT2D eigenvalue weighted by Gasteiger charge is -2.18. The quantitative estimate of drug-likeness (QED) is 0.617. The number of carbonyl (C=O) groups is 2. The Kier molecular flexibility index (Phi) is 5.66. The molecule has 1 fully saturated rings. The van der Waals surface area contributed by atoms with E-state index in [0.29, 0.717) is 36.8 Å². The van der Waals surface area contributed by atoms with Gasteiger partial charge >= 0.3 is 12.1 Å². The minimum atomic E-state index is -0.896. The number of amides is 1. The first-order valence-corrected chi connectivity index (χ1v) is 9.67. The molecule has 0 atom stereocenters. The number of hydrogen-bond acceptors (Lipinski definition) is 4. The van der Waals surface area contributed by atoms with Crippen molar-refractivity contribution in [1.29, 1.82) is 0 Å². The third-order valence-electron chi connectivity index (χ3n) is 4.86. The fourth-order valence-electron chi connectivity index (χ4n) is 3.41. The number of cyclic esters (lactones) is 1. The van der Waals surface area contributed by atoms with Gasteiger partial charge in [-0.15, -0.1) is 0 Å². The molecule has 152 valence electrons. The Labute approximate surface area is 174 Å². The molecular weight excluding hydrogens is 382 g/mol. The third-order valence-corrected chi connectivity index (χ3v) is 4.86. The minimum Gasteiger partial charge on any atom is -0.481 e. The summed E-state index contributed by atoms with van der Waals surface area (Å²) in [5.74, 6) is 0.265. The number of rotatable bonds is 7. The first kappa shape index (κ1) is 19.5. The number of benzene rings is 3. The van der Waals surface area contributed by atoms with Crippen molar-refractivity contribution >= 4 is 12.1 Å². The SMILES string of the molecule is O=C(O)Cc1cccc(Oc2ccc(-c3ccccc3)cc2CN2CCOC2=O)c1. The van der Waals surface area contributed by atoms with Gasteiger partial charge < -0.3 is 19.5 Å². The van der Waals surface area contributed by atoms with E-state index >= 15 is 0 Å². The van der Waals surface area contributed by atoms with Crippen LogP contribution in [0.4, 0.5) is 4.79 Å². The first-order chi connectivity index (χ1) is 14.6. The Hall–Kier alpha value is -3.80. The maximum atomic E-state index is 12.0. The molecule has 0 radical (unpaired) electrons. The molecule has 3 aromatic rings. The van der Waals surface area contributed by atoms with Crippen LogP contribution >= 0.6 is 0 Å². The summed E-state index contributed by atoms with van der Waals surface area (Å²) in [4.78, 5) is 24.6. The highest BCUT2D eigenvalue weighted by molar-refractivity contribution is 5.71. The molecule has 0 bridgehead atoms. The average molecular weight is 403 g/mol. The van der Waals surface area contributed by atoms with Crippen molar-refractivity contribution in [2.75, 3.05) is 13.2 Å². The molecule has 3 aromatic carbocycles. The van der Waals surface area contributed by atoms with Gasteiger partial charge in [0.2, 0.25) is 0 Å². The van der Waals surface area contributed by atoms with Crippen molar-refractivity contribution in [2.24, 2.45) is 0 Å². The molecule has 0 aromatic heterocycles. The molecule has 1 amide bonds. The van der Waals surface area contributed by atoms with Crippen LogP contribution in [0.15, 0.2) is 72.8 Å². The molecule has 1 aliphatic rings. The summed E-state index contributed by atoms with van der Waals surface area (Å²) >= 11 is 0. The summed E-state index contributed by atoms with van der Waals surface area (Å²) in [6, 6.07) is 22.8. The number of nitrogens with zero attached hydrogens (tertiary/aromatic N) is 1. The van der Waals surface area contributed by atoms with Crippen LogP contribution in [0.2, 0.25) is 0 Å². The second kappa shape index (κ2) is 8.69. The molecule has 0 spiro atoms. The lowest BCUT2D eigenvalue weighted by atomic mass is 10.0. The Balaban J connectivity index is 1.66. The van der Waals surface area contributed by atoms with Crippen molar-refractivity contribution in [2.45, 2.75) is 13.0 Å². The van der Waals surface area contributed by atoms with Crippen LogP contribution in [-0.4, -0.2) is 35.2 Å². The summed E-state index contributed by atoms with van der Waals surface area (Å²) < 4.78 is 11.2. The molecular formula is C24H21NO5. The fourth-order valence-corrected chi connectivity index (χ4v) is 3.41. The molecule has 1 heterocycles. The monoisotopic (exact) mass is 403 g/mol. The highest BCUT2D eigenvalue weighted by Crippen LogP contribution is 2.32. The number of carboxylic acids is 1. The van der Waals surface area contributed by atoms with Crippen LogP contribution in [0, 0.1) is 0 Å². The van der Waals surface area contributed by atoms with Gasteiger partial charge in [-0.05, 0) is 41.0 Å². The van der Waals surface area contributed by atoms with Crippen molar-refractivity contribution in [3.05, 3.63) is 83.9 Å². The molecule has 6 nitrogen and oxygen atoms in total. The Morgan fingerprint density at radius 1 is 1.00 bits per heavy atom. The maximum Gasteiger partial charge on any atom is 0.410 e. The van der Waals surface area contributed by atoms with E-state index in [2.05, 4.69) is 0 Å². The molecule has 1 saturated heterocycles. The third kappa shape index (κ3) is 4.60. The first-order valence-electron chi connectivity index (χ1n) is 9.67. The number of ether oxygens (including phenoxy) is 2. The Morgan fingerprint density at radius 3 is 2.57 bits per heavy atom. The highest BCUT2D eigenvalue weighted by atomic mass is 16.6. The predicted molar refractivity (Wildman–Crippen MR) is 111 cm³/mol. The van der Waals surface area contributed by atoms with Gasteiger partial charge in [0.15, 0.2) is 0 Å². The number of carboxylic acid groups (broad SMARTS) is 1. The largest absolute Gasteiger partial charge is 0.481 e. The number of hydrogen-bond donors (Lipinski definition) is 1. The van der Waals surface area contributed by atoms with Crippen LogP contribution in [-0.2, 0) is 22.5 Å². The molecule has 30 heavy (non-hydrogen) atoms. The van der Waals surface area contributed by atoms with Gasteiger partial charge in [-0.25, -0.2) is 4.79 Å². The Morgan fingerprint density at radius 2 is 1.83 bits per heavy atom. The highest BCUT2D eigenvalue weighted by Gasteiger charge is 2.23. The van der Waals surface area contributed by atoms with Gasteiger partial charge in [0, 0.05) is 5.56 Å². The Bertz CT molecular complexity index is 1060. The zero-order valence-electron chi connectivity index (χ0n) is 16.3. The van der Waals surface area contributed by atoms with Crippen LogP contribution in [0.25, 0.3) is 11.1 Å². The number of carbonyl (C=O) groups excluding carboxylic acids is 1. The summed E-state index contributed by atoms with van der Waals surface area (Å²) in [5, 5.41) is 9.02. The zero-order chi connectivity index (χ0) is 20.9. The van der Waals surface area contributed by atoms with E-state index in [0.717, 1.165) is 16.7 Å². The van der Waals surface area contributed by atoms with Crippen LogP contribution in [0.3, 0.4) is 0 Å². The number of aliphatic carboxylic acids is 1. The van der Waals surface area contributed by atoms with E-state index < -0.39 is 5.97 Å². The van der Waals surface area contributed by atoms with E-state index in [4.69, 9.17) is 14.6 Å². The smallest absolute Gasteiger partial charge is 0.410 e. The van der Waals surface area contributed by atoms with Crippen molar-refractivity contribution in [3.8, 4) is 22.6 Å². The summed E-state index contributed by atoms with van der Waals surface area (Å²) in [6.07, 6.45) is -0.411. The van der Waals surface area contributed by atoms with Crippen molar-refractivity contribution in [3.63, 3.8) is 0 Å². The standard InChI is InChI=1S/C24H21NO5/c26-23(27)14-17-5-4-8-21(13-17)30-22-10-9-19(18-6-2-1-3-7-18)15-20(22)16-25-11-12-29-24(25)28/h1-10,13,15H,11-12,14,16H2,(H,26,27). The van der Waals surface area contributed by atoms with Crippen LogP contribution < -0.4 is 4.74 Å². The maximum absolute atomic E-state index is 12.0. The predicted octanol–water partition coefficient (Wildman–Crippen LogP) is 4.73. The van der Waals surface area contributed by atoms with Gasteiger partial charge in [-0.1, -0.05) is 48.5 Å². The van der Waals surface area contributed by atoms with Gasteiger partial charge in [0.1, 0.15) is 18.1 Å². The molecule has 0 saturated carbocycles. The molecule has 4 rings (SSSR count). The minimum absolute atomic E-state index is 0.0728. The molecule has 0 unspecified atom stereocenters. The molecule has 1 aliphatic heterocycles. The van der Waals surface area contributed by atoms with Crippen molar-refractivity contribution in [1.82, 2.24) is 4.90 Å². The second-order valence-electron chi connectivity index (χ2n) is 7.04. The van der Waals surface area contributed by atoms with E-state index in [9.17, 15) is 9.59 Å². The zero-order valence-corrected chi connectivity index (χ0v) is 16.3. The molecule has 6 heteroatoms. The van der Waals surface area contributed by atoms with E-state index in [1.54, 1.807) is 29.2 Å². The van der Waals surface area contributed by atoms with E-state index in [1.807, 2.05) is 48.5 Å².